The van der Waals surface area contributed by atoms with Gasteiger partial charge >= 0.3 is 279 Å². The van der Waals surface area contributed by atoms with E-state index in [-0.39, 0.29) is 24.8 Å². The number of allylic oxidation sites excluding steroid dienone is 4. The van der Waals surface area contributed by atoms with Crippen LogP contribution in [0.3, 0.4) is 0 Å². The molecular formula is C40H48Cl2Si3Zr. The van der Waals surface area contributed by atoms with Crippen molar-refractivity contribution in [2.24, 2.45) is 0 Å². The molecule has 0 saturated carbocycles. The second-order valence-corrected chi connectivity index (χ2v) is 37.0. The minimum atomic E-state index is -2.83. The van der Waals surface area contributed by atoms with Crippen molar-refractivity contribution in [1.82, 2.24) is 0 Å². The van der Waals surface area contributed by atoms with E-state index in [0.717, 1.165) is 0 Å². The Labute approximate surface area is 301 Å². The van der Waals surface area contributed by atoms with Crippen molar-refractivity contribution >= 4 is 27.4 Å². The van der Waals surface area contributed by atoms with Crippen LogP contribution < -0.4 is 24.8 Å². The zero-order valence-corrected chi connectivity index (χ0v) is 35.9. The van der Waals surface area contributed by atoms with E-state index in [9.17, 15) is 0 Å². The molecule has 0 bridgehead atoms. The van der Waals surface area contributed by atoms with Crippen molar-refractivity contribution in [1.29, 1.82) is 0 Å². The first-order valence-electron chi connectivity index (χ1n) is 16.3. The SMILES string of the molecule is C[Si](C)(C)C1=C([Si](C)(C)C)C([Si](C)(C)C)=[C]([Zr+2](=[C](c2ccccc2)c2ccccc2)[CH]2c3ccccc3-c3ccccc32)C1.[Cl-].[Cl-]. The number of hydrogen-bond donors (Lipinski definition) is 0. The van der Waals surface area contributed by atoms with E-state index in [4.69, 9.17) is 0 Å². The molecular weight excluding hydrogens is 727 g/mol. The molecule has 2 aliphatic rings. The molecule has 0 saturated heterocycles. The van der Waals surface area contributed by atoms with Gasteiger partial charge in [0.05, 0.1) is 0 Å². The van der Waals surface area contributed by atoms with Crippen LogP contribution in [0.15, 0.2) is 128 Å². The zero-order valence-electron chi connectivity index (χ0n) is 28.9. The topological polar surface area (TPSA) is 0 Å². The summed E-state index contributed by atoms with van der Waals surface area (Å²) in [5, 5.41) is 5.68. The van der Waals surface area contributed by atoms with Crippen molar-refractivity contribution in [3.05, 3.63) is 150 Å². The van der Waals surface area contributed by atoms with E-state index in [1.54, 1.807) is 14.3 Å². The van der Waals surface area contributed by atoms with E-state index in [1.807, 2.05) is 18.9 Å². The summed E-state index contributed by atoms with van der Waals surface area (Å²) in [6.45, 7) is 23.7. The summed E-state index contributed by atoms with van der Waals surface area (Å²) in [5.41, 5.74) is 8.95. The van der Waals surface area contributed by atoms with Gasteiger partial charge in [-0.3, -0.25) is 0 Å². The number of hydrogen-bond acceptors (Lipinski definition) is 0. The maximum absolute atomic E-state index is 2.83. The standard InChI is InChI=1S/C14H29Si3.C13H9.C13H10.2ClH.Zr/c1-15(2,3)12-10-11-13(16(4,5)6)14(12)17(7,8)9;1-3-7-12-10(5-1)9-11-6-2-4-8-13(11)12;1-3-7-12(8-4-1)11-13-9-5-2-6-10-13;;;/h10H2,1-9H3;1-9H;1-10H;2*1H;/q;;;;;+2/p-2. The van der Waals surface area contributed by atoms with Gasteiger partial charge in [0.15, 0.2) is 0 Å². The maximum atomic E-state index is 2.65. The summed E-state index contributed by atoms with van der Waals surface area (Å²) in [4.78, 5) is 0. The summed E-state index contributed by atoms with van der Waals surface area (Å²) in [6, 6.07) is 41.9. The molecule has 4 aromatic rings. The molecule has 0 heterocycles. The molecule has 0 nitrogen and oxygen atoms in total. The average Bonchev–Trinajstić information content (AvgIpc) is 3.55. The van der Waals surface area contributed by atoms with Gasteiger partial charge in [-0.25, -0.2) is 0 Å². The van der Waals surface area contributed by atoms with Crippen LogP contribution in [-0.2, 0) is 21.3 Å². The molecule has 0 fully saturated rings. The van der Waals surface area contributed by atoms with Crippen LogP contribution in [0, 0.1) is 0 Å². The molecule has 0 spiro atoms. The van der Waals surface area contributed by atoms with Gasteiger partial charge in [-0.1, -0.05) is 0 Å². The molecule has 0 atom stereocenters. The molecule has 0 N–H and O–H groups in total. The average molecular weight is 775 g/mol. The first-order chi connectivity index (χ1) is 20.8. The molecule has 238 valence electrons. The number of fused-ring (bicyclic) bond motifs is 3. The number of benzene rings is 4. The predicted molar refractivity (Wildman–Crippen MR) is 199 cm³/mol. The fourth-order valence-corrected chi connectivity index (χ4v) is 31.4. The molecule has 0 aromatic heterocycles. The van der Waals surface area contributed by atoms with E-state index < -0.39 is 45.5 Å². The van der Waals surface area contributed by atoms with Crippen LogP contribution in [-0.4, -0.2) is 27.4 Å². The van der Waals surface area contributed by atoms with Gasteiger partial charge in [0.25, 0.3) is 0 Å². The Balaban J connectivity index is 0.00000240. The maximum Gasteiger partial charge on any atom is -1.00 e. The molecule has 0 amide bonds. The first kappa shape index (κ1) is 37.2. The summed E-state index contributed by atoms with van der Waals surface area (Å²) >= 11 is -2.83. The van der Waals surface area contributed by atoms with Gasteiger partial charge in [0.1, 0.15) is 0 Å². The van der Waals surface area contributed by atoms with Crippen LogP contribution >= 0.6 is 0 Å². The zero-order chi connectivity index (χ0) is 31.4. The molecule has 2 aliphatic carbocycles. The van der Waals surface area contributed by atoms with Crippen LogP contribution in [0.5, 0.6) is 0 Å². The van der Waals surface area contributed by atoms with Gasteiger partial charge in [0, 0.05) is 0 Å². The number of halogens is 2. The Morgan fingerprint density at radius 2 is 0.891 bits per heavy atom. The first-order valence-corrected chi connectivity index (χ1v) is 30.7. The Morgan fingerprint density at radius 1 is 0.500 bits per heavy atom. The smallest absolute Gasteiger partial charge is 1.00 e. The Kier molecular flexibility index (Phi) is 11.4. The van der Waals surface area contributed by atoms with Gasteiger partial charge in [0.2, 0.25) is 0 Å². The predicted octanol–water partition coefficient (Wildman–Crippen LogP) is 5.24. The normalized spacial score (nSPS) is 14.6. The van der Waals surface area contributed by atoms with Crippen molar-refractivity contribution in [3.63, 3.8) is 0 Å². The van der Waals surface area contributed by atoms with Crippen LogP contribution in [0.4, 0.5) is 0 Å². The van der Waals surface area contributed by atoms with Gasteiger partial charge in [-0.2, -0.15) is 0 Å². The fourth-order valence-electron chi connectivity index (χ4n) is 7.80. The monoisotopic (exact) mass is 772 g/mol. The third-order valence-electron chi connectivity index (χ3n) is 9.45. The molecule has 0 aliphatic heterocycles. The Morgan fingerprint density at radius 3 is 1.28 bits per heavy atom. The van der Waals surface area contributed by atoms with Crippen molar-refractivity contribution in [2.45, 2.75) is 69.0 Å². The minimum Gasteiger partial charge on any atom is -1.00 e. The summed E-state index contributed by atoms with van der Waals surface area (Å²) in [6.07, 6.45) is 1.23. The van der Waals surface area contributed by atoms with E-state index in [0.29, 0.717) is 3.63 Å². The molecule has 0 unspecified atom stereocenters. The largest absolute Gasteiger partial charge is 1.00 e. The third kappa shape index (κ3) is 6.91. The van der Waals surface area contributed by atoms with E-state index >= 15 is 0 Å². The Hall–Kier alpha value is -1.66. The third-order valence-corrected chi connectivity index (χ3v) is 25.2. The van der Waals surface area contributed by atoms with E-state index in [2.05, 4.69) is 168 Å². The van der Waals surface area contributed by atoms with Gasteiger partial charge in [-0.15, -0.1) is 0 Å². The minimum absolute atomic E-state index is 0. The summed E-state index contributed by atoms with van der Waals surface area (Å²) in [7, 11) is -4.90. The second kappa shape index (κ2) is 14.1. The summed E-state index contributed by atoms with van der Waals surface area (Å²) < 4.78 is 4.08. The second-order valence-electron chi connectivity index (χ2n) is 15.8. The van der Waals surface area contributed by atoms with Crippen LogP contribution in [0.25, 0.3) is 11.1 Å². The summed E-state index contributed by atoms with van der Waals surface area (Å²) in [5.74, 6) is 0. The van der Waals surface area contributed by atoms with Gasteiger partial charge < -0.3 is 24.8 Å². The van der Waals surface area contributed by atoms with Gasteiger partial charge in [-0.05, 0) is 0 Å². The Bertz CT molecular complexity index is 1730. The molecule has 6 heteroatoms. The molecule has 6 rings (SSSR count). The van der Waals surface area contributed by atoms with Crippen LogP contribution in [0.2, 0.25) is 58.9 Å². The molecule has 46 heavy (non-hydrogen) atoms. The van der Waals surface area contributed by atoms with Crippen molar-refractivity contribution in [2.75, 3.05) is 0 Å². The molecule has 4 aromatic carbocycles. The molecule has 0 radical (unpaired) electrons. The van der Waals surface area contributed by atoms with Crippen LogP contribution in [0.1, 0.15) is 32.3 Å². The fraction of sp³-hybridized carbons (Fsp3) is 0.275. The van der Waals surface area contributed by atoms with E-state index in [1.165, 1.54) is 28.7 Å². The van der Waals surface area contributed by atoms with Crippen molar-refractivity contribution < 1.29 is 46.1 Å². The van der Waals surface area contributed by atoms with Crippen molar-refractivity contribution in [3.8, 4) is 11.1 Å². The quantitative estimate of drug-likeness (QED) is 0.226. The number of rotatable bonds is 7.